The van der Waals surface area contributed by atoms with Crippen LogP contribution in [0.1, 0.15) is 71.4 Å². The van der Waals surface area contributed by atoms with E-state index in [2.05, 4.69) is 33.0 Å². The van der Waals surface area contributed by atoms with Gasteiger partial charge in [0.05, 0.1) is 6.61 Å². The molecular formula is C22H32N2O4. The zero-order valence-electron chi connectivity index (χ0n) is 17.6. The van der Waals surface area contributed by atoms with E-state index in [-0.39, 0.29) is 12.0 Å². The Labute approximate surface area is 167 Å². The molecule has 1 unspecified atom stereocenters. The molecule has 3 amide bonds. The second-order valence-corrected chi connectivity index (χ2v) is 8.55. The Morgan fingerprint density at radius 2 is 1.75 bits per heavy atom. The maximum atomic E-state index is 12.9. The maximum absolute atomic E-state index is 12.9. The number of hydrogen-bond donors (Lipinski definition) is 1. The number of carbonyl (C=O) groups excluding carboxylic acids is 3. The minimum atomic E-state index is -1.19. The number of nitrogens with zero attached hydrogens (tertiary/aromatic N) is 1. The van der Waals surface area contributed by atoms with E-state index in [1.165, 1.54) is 0 Å². The molecule has 0 spiro atoms. The fraction of sp³-hybridized carbons (Fsp3) is 0.591. The molecule has 6 heteroatoms. The SMILES string of the molecule is CCCCCCOC(=O)CN1C(=O)NC(C)(c2ccc(C(C)(C)C)cc2)C1=O. The highest BCUT2D eigenvalue weighted by atomic mass is 16.5. The minimum Gasteiger partial charge on any atom is -0.464 e. The van der Waals surface area contributed by atoms with Crippen molar-refractivity contribution < 1.29 is 19.1 Å². The standard InChI is InChI=1S/C22H32N2O4/c1-6-7-8-9-14-28-18(25)15-24-19(26)22(5,23-20(24)27)17-12-10-16(11-13-17)21(2,3)4/h10-13H,6-9,14-15H2,1-5H3,(H,23,27). The van der Waals surface area contributed by atoms with E-state index in [1.54, 1.807) is 6.92 Å². The zero-order valence-corrected chi connectivity index (χ0v) is 17.6. The first kappa shape index (κ1) is 21.9. The smallest absolute Gasteiger partial charge is 0.326 e. The third-order valence-electron chi connectivity index (χ3n) is 5.15. The summed E-state index contributed by atoms with van der Waals surface area (Å²) in [5, 5.41) is 2.72. The van der Waals surface area contributed by atoms with Gasteiger partial charge in [0.1, 0.15) is 12.1 Å². The summed E-state index contributed by atoms with van der Waals surface area (Å²) in [6, 6.07) is 7.07. The lowest BCUT2D eigenvalue weighted by atomic mass is 9.84. The summed E-state index contributed by atoms with van der Waals surface area (Å²) in [4.78, 5) is 38.2. The van der Waals surface area contributed by atoms with Crippen LogP contribution in [0.5, 0.6) is 0 Å². The summed E-state index contributed by atoms with van der Waals surface area (Å²) in [6.45, 7) is 10.1. The van der Waals surface area contributed by atoms with Crippen molar-refractivity contribution in [2.45, 2.75) is 71.3 Å². The number of benzene rings is 1. The van der Waals surface area contributed by atoms with Crippen LogP contribution < -0.4 is 5.32 Å². The van der Waals surface area contributed by atoms with E-state index in [4.69, 9.17) is 4.74 Å². The highest BCUT2D eigenvalue weighted by Crippen LogP contribution is 2.31. The molecule has 1 heterocycles. The number of nitrogens with one attached hydrogen (secondary N) is 1. The largest absolute Gasteiger partial charge is 0.464 e. The van der Waals surface area contributed by atoms with Crippen molar-refractivity contribution in [1.29, 1.82) is 0 Å². The van der Waals surface area contributed by atoms with Gasteiger partial charge in [-0.1, -0.05) is 71.2 Å². The summed E-state index contributed by atoms with van der Waals surface area (Å²) in [7, 11) is 0. The molecule has 0 saturated carbocycles. The number of carbonyl (C=O) groups is 3. The molecule has 28 heavy (non-hydrogen) atoms. The molecule has 2 rings (SSSR count). The maximum Gasteiger partial charge on any atom is 0.326 e. The predicted octanol–water partition coefficient (Wildman–Crippen LogP) is 3.87. The lowest BCUT2D eigenvalue weighted by Gasteiger charge is -2.24. The summed E-state index contributed by atoms with van der Waals surface area (Å²) >= 11 is 0. The van der Waals surface area contributed by atoms with Gasteiger partial charge in [-0.3, -0.25) is 14.5 Å². The van der Waals surface area contributed by atoms with E-state index in [9.17, 15) is 14.4 Å². The Hall–Kier alpha value is -2.37. The molecule has 1 N–H and O–H groups in total. The summed E-state index contributed by atoms with van der Waals surface area (Å²) < 4.78 is 5.16. The third kappa shape index (κ3) is 4.91. The molecule has 0 aromatic heterocycles. The predicted molar refractivity (Wildman–Crippen MR) is 108 cm³/mol. The molecule has 1 aromatic rings. The molecule has 0 radical (unpaired) electrons. The molecular weight excluding hydrogens is 356 g/mol. The number of ether oxygens (including phenoxy) is 1. The van der Waals surface area contributed by atoms with Gasteiger partial charge < -0.3 is 10.1 Å². The van der Waals surface area contributed by atoms with E-state index in [1.807, 2.05) is 24.3 Å². The number of imide groups is 1. The van der Waals surface area contributed by atoms with Gasteiger partial charge >= 0.3 is 12.0 Å². The minimum absolute atomic E-state index is 0.00467. The van der Waals surface area contributed by atoms with Crippen LogP contribution in [0, 0.1) is 0 Å². The fourth-order valence-electron chi connectivity index (χ4n) is 3.23. The van der Waals surface area contributed by atoms with Crippen molar-refractivity contribution in [2.75, 3.05) is 13.2 Å². The van der Waals surface area contributed by atoms with Gasteiger partial charge in [0.25, 0.3) is 5.91 Å². The first-order valence-corrected chi connectivity index (χ1v) is 10.0. The quantitative estimate of drug-likeness (QED) is 0.417. The molecule has 0 aliphatic carbocycles. The van der Waals surface area contributed by atoms with Gasteiger partial charge in [0, 0.05) is 0 Å². The summed E-state index contributed by atoms with van der Waals surface area (Å²) in [6.07, 6.45) is 3.98. The number of amides is 3. The summed E-state index contributed by atoms with van der Waals surface area (Å²) in [5.41, 5.74) is 0.638. The van der Waals surface area contributed by atoms with Crippen LogP contribution >= 0.6 is 0 Å². The molecule has 0 bridgehead atoms. The molecule has 1 aromatic carbocycles. The average Bonchev–Trinajstić information content (AvgIpc) is 2.85. The highest BCUT2D eigenvalue weighted by molar-refractivity contribution is 6.08. The van der Waals surface area contributed by atoms with Crippen LogP contribution in [0.3, 0.4) is 0 Å². The van der Waals surface area contributed by atoms with E-state index in [0.29, 0.717) is 12.2 Å². The molecule has 1 atom stereocenters. The normalized spacial score (nSPS) is 19.7. The molecule has 1 aliphatic heterocycles. The van der Waals surface area contributed by atoms with Crippen molar-refractivity contribution in [3.05, 3.63) is 35.4 Å². The van der Waals surface area contributed by atoms with Crippen LogP contribution in [0.4, 0.5) is 4.79 Å². The zero-order chi connectivity index (χ0) is 20.9. The van der Waals surface area contributed by atoms with Crippen LogP contribution in [0.15, 0.2) is 24.3 Å². The Kier molecular flexibility index (Phi) is 6.86. The van der Waals surface area contributed by atoms with Crippen molar-refractivity contribution in [3.8, 4) is 0 Å². The molecule has 1 fully saturated rings. The Bertz CT molecular complexity index is 721. The van der Waals surface area contributed by atoms with Crippen LogP contribution in [0.25, 0.3) is 0 Å². The Morgan fingerprint density at radius 3 is 2.32 bits per heavy atom. The number of urea groups is 1. The highest BCUT2D eigenvalue weighted by Gasteiger charge is 2.49. The summed E-state index contributed by atoms with van der Waals surface area (Å²) in [5.74, 6) is -1.00. The van der Waals surface area contributed by atoms with E-state index < -0.39 is 23.4 Å². The van der Waals surface area contributed by atoms with Crippen molar-refractivity contribution >= 4 is 17.9 Å². The van der Waals surface area contributed by atoms with Crippen molar-refractivity contribution in [2.24, 2.45) is 0 Å². The number of hydrogen-bond acceptors (Lipinski definition) is 4. The number of rotatable bonds is 8. The molecule has 6 nitrogen and oxygen atoms in total. The van der Waals surface area contributed by atoms with Gasteiger partial charge in [-0.2, -0.15) is 0 Å². The number of esters is 1. The fourth-order valence-corrected chi connectivity index (χ4v) is 3.23. The average molecular weight is 389 g/mol. The van der Waals surface area contributed by atoms with Gasteiger partial charge in [-0.15, -0.1) is 0 Å². The second-order valence-electron chi connectivity index (χ2n) is 8.55. The van der Waals surface area contributed by atoms with E-state index >= 15 is 0 Å². The van der Waals surface area contributed by atoms with Crippen LogP contribution in [-0.4, -0.2) is 36.0 Å². The van der Waals surface area contributed by atoms with Crippen LogP contribution in [0.2, 0.25) is 0 Å². The van der Waals surface area contributed by atoms with E-state index in [0.717, 1.165) is 36.1 Å². The Morgan fingerprint density at radius 1 is 1.11 bits per heavy atom. The first-order chi connectivity index (χ1) is 13.1. The Balaban J connectivity index is 2.02. The van der Waals surface area contributed by atoms with Gasteiger partial charge in [0.15, 0.2) is 0 Å². The second kappa shape index (κ2) is 8.76. The van der Waals surface area contributed by atoms with Gasteiger partial charge in [-0.25, -0.2) is 4.79 Å². The molecule has 154 valence electrons. The lowest BCUT2D eigenvalue weighted by Crippen LogP contribution is -2.41. The van der Waals surface area contributed by atoms with Gasteiger partial charge in [-0.05, 0) is 29.9 Å². The molecule has 1 saturated heterocycles. The first-order valence-electron chi connectivity index (χ1n) is 10.0. The monoisotopic (exact) mass is 388 g/mol. The molecule has 1 aliphatic rings. The van der Waals surface area contributed by atoms with Crippen molar-refractivity contribution in [1.82, 2.24) is 10.2 Å². The topological polar surface area (TPSA) is 75.7 Å². The van der Waals surface area contributed by atoms with Crippen molar-refractivity contribution in [3.63, 3.8) is 0 Å². The number of unbranched alkanes of at least 4 members (excludes halogenated alkanes) is 3. The lowest BCUT2D eigenvalue weighted by molar-refractivity contribution is -0.147. The van der Waals surface area contributed by atoms with Gasteiger partial charge in [0.2, 0.25) is 0 Å². The third-order valence-corrected chi connectivity index (χ3v) is 5.15. The van der Waals surface area contributed by atoms with Crippen LogP contribution in [-0.2, 0) is 25.3 Å².